The van der Waals surface area contributed by atoms with Gasteiger partial charge in [-0.05, 0) is 67.1 Å². The molecule has 3 aromatic rings. The van der Waals surface area contributed by atoms with Crippen molar-refractivity contribution in [1.82, 2.24) is 5.32 Å². The summed E-state index contributed by atoms with van der Waals surface area (Å²) in [6.07, 6.45) is 0. The Morgan fingerprint density at radius 1 is 0.971 bits per heavy atom. The molecule has 0 aliphatic heterocycles. The van der Waals surface area contributed by atoms with Crippen LogP contribution in [0.2, 0.25) is 0 Å². The third kappa shape index (κ3) is 5.74. The van der Waals surface area contributed by atoms with Gasteiger partial charge in [-0.15, -0.1) is 0 Å². The van der Waals surface area contributed by atoms with Crippen LogP contribution in [-0.2, 0) is 14.8 Å². The molecule has 9 heteroatoms. The molecule has 178 valence electrons. The zero-order valence-corrected chi connectivity index (χ0v) is 20.2. The number of nitrogens with one attached hydrogen (secondary N) is 2. The summed E-state index contributed by atoms with van der Waals surface area (Å²) in [4.78, 5) is 24.2. The Balaban J connectivity index is 1.78. The molecule has 0 aliphatic rings. The number of rotatable bonds is 8. The molecule has 0 spiro atoms. The predicted octanol–water partition coefficient (Wildman–Crippen LogP) is 3.97. The van der Waals surface area contributed by atoms with Gasteiger partial charge in [-0.25, -0.2) is 8.42 Å². The molecule has 34 heavy (non-hydrogen) atoms. The predicted molar refractivity (Wildman–Crippen MR) is 132 cm³/mol. The molecule has 0 aromatic heterocycles. The molecule has 0 saturated heterocycles. The minimum absolute atomic E-state index is 0.00113. The summed E-state index contributed by atoms with van der Waals surface area (Å²) in [5.41, 5.74) is 2.10. The Kier molecular flexibility index (Phi) is 7.57. The highest BCUT2D eigenvalue weighted by atomic mass is 32.2. The van der Waals surface area contributed by atoms with Crippen LogP contribution in [0.5, 0.6) is 5.75 Å². The monoisotopic (exact) mass is 481 g/mol. The van der Waals surface area contributed by atoms with Crippen LogP contribution in [0, 0.1) is 0 Å². The van der Waals surface area contributed by atoms with Crippen molar-refractivity contribution in [2.75, 3.05) is 23.8 Å². The molecule has 0 heterocycles. The van der Waals surface area contributed by atoms with Gasteiger partial charge in [-0.2, -0.15) is 0 Å². The second kappa shape index (κ2) is 10.4. The highest BCUT2D eigenvalue weighted by molar-refractivity contribution is 7.92. The molecule has 1 unspecified atom stereocenters. The van der Waals surface area contributed by atoms with Gasteiger partial charge >= 0.3 is 0 Å². The molecule has 8 nitrogen and oxygen atoms in total. The lowest BCUT2D eigenvalue weighted by Gasteiger charge is -2.20. The number of methoxy groups -OCH3 is 1. The lowest BCUT2D eigenvalue weighted by molar-refractivity contribution is -0.114. The molecule has 2 N–H and O–H groups in total. The first-order chi connectivity index (χ1) is 16.1. The summed E-state index contributed by atoms with van der Waals surface area (Å²) in [5, 5.41) is 5.58. The number of ether oxygens (including phenoxy) is 1. The number of sulfonamides is 1. The summed E-state index contributed by atoms with van der Waals surface area (Å²) in [6.45, 7) is 3.23. The highest BCUT2D eigenvalue weighted by Crippen LogP contribution is 2.25. The van der Waals surface area contributed by atoms with Crippen molar-refractivity contribution in [2.24, 2.45) is 0 Å². The molecule has 0 fully saturated rings. The van der Waals surface area contributed by atoms with Gasteiger partial charge in [0.2, 0.25) is 5.91 Å². The number of carbonyl (C=O) groups is 2. The van der Waals surface area contributed by atoms with E-state index in [-0.39, 0.29) is 22.4 Å². The summed E-state index contributed by atoms with van der Waals surface area (Å²) in [6, 6.07) is 19.3. The highest BCUT2D eigenvalue weighted by Gasteiger charge is 2.23. The molecule has 0 bridgehead atoms. The van der Waals surface area contributed by atoms with E-state index in [1.54, 1.807) is 48.5 Å². The minimum Gasteiger partial charge on any atom is -0.497 e. The van der Waals surface area contributed by atoms with Crippen LogP contribution in [0.25, 0.3) is 0 Å². The van der Waals surface area contributed by atoms with Crippen molar-refractivity contribution in [2.45, 2.75) is 24.8 Å². The van der Waals surface area contributed by atoms with Crippen molar-refractivity contribution < 1.29 is 22.7 Å². The van der Waals surface area contributed by atoms with E-state index < -0.39 is 15.9 Å². The number of benzene rings is 3. The van der Waals surface area contributed by atoms with Gasteiger partial charge in [-0.3, -0.25) is 13.9 Å². The van der Waals surface area contributed by atoms with Crippen molar-refractivity contribution >= 4 is 33.2 Å². The standard InChI is InChI=1S/C25H27N3O5S/c1-17(19-7-5-9-21(15-19)27-18(2)29)26-25(30)20-8-6-10-24(16-20)34(31,32)28(3)22-11-13-23(33-4)14-12-22/h5-17H,1-4H3,(H,26,30)(H,27,29). The van der Waals surface area contributed by atoms with Crippen LogP contribution in [0.1, 0.15) is 35.8 Å². The Bertz CT molecular complexity index is 1290. The summed E-state index contributed by atoms with van der Waals surface area (Å²) >= 11 is 0. The number of carbonyl (C=O) groups excluding carboxylic acids is 2. The van der Waals surface area contributed by atoms with Crippen LogP contribution >= 0.6 is 0 Å². The van der Waals surface area contributed by atoms with Crippen molar-refractivity contribution in [3.8, 4) is 5.75 Å². The number of hydrogen-bond acceptors (Lipinski definition) is 5. The first kappa shape index (κ1) is 24.8. The first-order valence-electron chi connectivity index (χ1n) is 10.5. The molecular weight excluding hydrogens is 454 g/mol. The number of nitrogens with zero attached hydrogens (tertiary/aromatic N) is 1. The zero-order valence-electron chi connectivity index (χ0n) is 19.4. The SMILES string of the molecule is COc1ccc(N(C)S(=O)(=O)c2cccc(C(=O)NC(C)c3cccc(NC(C)=O)c3)c2)cc1. The van der Waals surface area contributed by atoms with E-state index in [0.717, 1.165) is 9.87 Å². The van der Waals surface area contributed by atoms with Crippen LogP contribution in [0.15, 0.2) is 77.7 Å². The number of amides is 2. The van der Waals surface area contributed by atoms with Gasteiger partial charge in [0.15, 0.2) is 0 Å². The second-order valence-electron chi connectivity index (χ2n) is 7.70. The van der Waals surface area contributed by atoms with E-state index in [1.165, 1.54) is 39.3 Å². The van der Waals surface area contributed by atoms with Gasteiger partial charge in [-0.1, -0.05) is 18.2 Å². The average molecular weight is 482 g/mol. The maximum Gasteiger partial charge on any atom is 0.264 e. The van der Waals surface area contributed by atoms with Gasteiger partial charge in [0.25, 0.3) is 15.9 Å². The Hall–Kier alpha value is -3.85. The summed E-state index contributed by atoms with van der Waals surface area (Å²) < 4.78 is 32.6. The minimum atomic E-state index is -3.89. The summed E-state index contributed by atoms with van der Waals surface area (Å²) in [7, 11) is -0.906. The first-order valence-corrected chi connectivity index (χ1v) is 12.0. The second-order valence-corrected chi connectivity index (χ2v) is 9.67. The van der Waals surface area contributed by atoms with E-state index in [4.69, 9.17) is 4.74 Å². The maximum atomic E-state index is 13.2. The molecule has 0 aliphatic carbocycles. The molecular formula is C25H27N3O5S. The maximum absolute atomic E-state index is 13.2. The topological polar surface area (TPSA) is 105 Å². The average Bonchev–Trinajstić information content (AvgIpc) is 2.83. The fraction of sp³-hybridized carbons (Fsp3) is 0.200. The van der Waals surface area contributed by atoms with E-state index in [1.807, 2.05) is 13.0 Å². The smallest absolute Gasteiger partial charge is 0.264 e. The third-order valence-corrected chi connectivity index (χ3v) is 7.03. The zero-order chi connectivity index (χ0) is 24.9. The molecule has 3 rings (SSSR count). The van der Waals surface area contributed by atoms with Crippen LogP contribution in [-0.4, -0.2) is 34.4 Å². The lowest BCUT2D eigenvalue weighted by Crippen LogP contribution is -2.28. The van der Waals surface area contributed by atoms with E-state index in [0.29, 0.717) is 17.1 Å². The molecule has 1 atom stereocenters. The Labute approximate surface area is 199 Å². The number of anilines is 2. The Morgan fingerprint density at radius 3 is 2.29 bits per heavy atom. The third-order valence-electron chi connectivity index (χ3n) is 5.25. The normalized spacial score (nSPS) is 11.9. The molecule has 0 saturated carbocycles. The van der Waals surface area contributed by atoms with Crippen LogP contribution < -0.4 is 19.7 Å². The van der Waals surface area contributed by atoms with E-state index in [9.17, 15) is 18.0 Å². The molecule has 3 aromatic carbocycles. The molecule has 0 radical (unpaired) electrons. The van der Waals surface area contributed by atoms with Gasteiger partial charge in [0.05, 0.1) is 23.7 Å². The van der Waals surface area contributed by atoms with Gasteiger partial charge in [0.1, 0.15) is 5.75 Å². The van der Waals surface area contributed by atoms with Gasteiger partial charge < -0.3 is 15.4 Å². The summed E-state index contributed by atoms with van der Waals surface area (Å²) in [5.74, 6) is 0.0120. The van der Waals surface area contributed by atoms with Gasteiger partial charge in [0, 0.05) is 25.2 Å². The van der Waals surface area contributed by atoms with Crippen molar-refractivity contribution in [1.29, 1.82) is 0 Å². The quantitative estimate of drug-likeness (QED) is 0.507. The Morgan fingerprint density at radius 2 is 1.65 bits per heavy atom. The largest absolute Gasteiger partial charge is 0.497 e. The van der Waals surface area contributed by atoms with E-state index in [2.05, 4.69) is 10.6 Å². The lowest BCUT2D eigenvalue weighted by atomic mass is 10.1. The number of hydrogen-bond donors (Lipinski definition) is 2. The van der Waals surface area contributed by atoms with Crippen LogP contribution in [0.4, 0.5) is 11.4 Å². The molecule has 2 amide bonds. The fourth-order valence-corrected chi connectivity index (χ4v) is 4.58. The van der Waals surface area contributed by atoms with E-state index >= 15 is 0 Å². The van der Waals surface area contributed by atoms with Crippen LogP contribution in [0.3, 0.4) is 0 Å². The van der Waals surface area contributed by atoms with Crippen molar-refractivity contribution in [3.63, 3.8) is 0 Å². The fourth-order valence-electron chi connectivity index (χ4n) is 3.34. The van der Waals surface area contributed by atoms with Crippen molar-refractivity contribution in [3.05, 3.63) is 83.9 Å².